The lowest BCUT2D eigenvalue weighted by molar-refractivity contribution is 0.282. The summed E-state index contributed by atoms with van der Waals surface area (Å²) < 4.78 is 0. The number of rotatable bonds is 4. The highest BCUT2D eigenvalue weighted by atomic mass is 16.3. The third-order valence-electron chi connectivity index (χ3n) is 2.59. The molecule has 2 aromatic rings. The quantitative estimate of drug-likeness (QED) is 0.843. The maximum absolute atomic E-state index is 9.23. The molecule has 0 radical (unpaired) electrons. The fraction of sp³-hybridized carbons (Fsp3) is 0.231. The molecular formula is C13H15N3O. The Morgan fingerprint density at radius 1 is 1.29 bits per heavy atom. The van der Waals surface area contributed by atoms with Crippen LogP contribution in [0.3, 0.4) is 0 Å². The van der Waals surface area contributed by atoms with Gasteiger partial charge in [-0.15, -0.1) is 0 Å². The Morgan fingerprint density at radius 3 is 2.82 bits per heavy atom. The third kappa shape index (κ3) is 2.79. The lowest BCUT2D eigenvalue weighted by Gasteiger charge is -2.16. The van der Waals surface area contributed by atoms with E-state index in [-0.39, 0.29) is 12.6 Å². The van der Waals surface area contributed by atoms with Crippen LogP contribution in [-0.4, -0.2) is 15.1 Å². The molecule has 0 aliphatic carbocycles. The predicted molar refractivity (Wildman–Crippen MR) is 66.4 cm³/mol. The fourth-order valence-electron chi connectivity index (χ4n) is 1.64. The van der Waals surface area contributed by atoms with Crippen LogP contribution < -0.4 is 5.32 Å². The summed E-state index contributed by atoms with van der Waals surface area (Å²) in [5, 5.41) is 12.5. The van der Waals surface area contributed by atoms with Crippen molar-refractivity contribution in [3.05, 3.63) is 54.1 Å². The van der Waals surface area contributed by atoms with Crippen LogP contribution >= 0.6 is 0 Å². The van der Waals surface area contributed by atoms with Crippen LogP contribution in [0.1, 0.15) is 24.2 Å². The smallest absolute Gasteiger partial charge is 0.0806 e. The van der Waals surface area contributed by atoms with Gasteiger partial charge < -0.3 is 10.4 Å². The van der Waals surface area contributed by atoms with Crippen LogP contribution in [0, 0.1) is 0 Å². The van der Waals surface area contributed by atoms with E-state index in [1.54, 1.807) is 18.6 Å². The summed E-state index contributed by atoms with van der Waals surface area (Å²) in [5.74, 6) is 0. The number of hydrogen-bond donors (Lipinski definition) is 2. The van der Waals surface area contributed by atoms with E-state index >= 15 is 0 Å². The minimum Gasteiger partial charge on any atom is -0.392 e. The third-order valence-corrected chi connectivity index (χ3v) is 2.59. The molecule has 1 aromatic carbocycles. The molecule has 88 valence electrons. The minimum absolute atomic E-state index is 0.0242. The second-order valence-corrected chi connectivity index (χ2v) is 3.81. The molecule has 0 fully saturated rings. The van der Waals surface area contributed by atoms with Crippen molar-refractivity contribution < 1.29 is 5.11 Å². The summed E-state index contributed by atoms with van der Waals surface area (Å²) in [7, 11) is 0. The standard InChI is InChI=1S/C13H15N3O/c1-10(13-8-14-6-7-15-13)16-12-5-3-2-4-11(12)9-17/h2-8,10,16-17H,9H2,1H3. The average molecular weight is 229 g/mol. The van der Waals surface area contributed by atoms with E-state index in [9.17, 15) is 5.11 Å². The van der Waals surface area contributed by atoms with Crippen molar-refractivity contribution >= 4 is 5.69 Å². The van der Waals surface area contributed by atoms with Crippen LogP contribution in [0.25, 0.3) is 0 Å². The van der Waals surface area contributed by atoms with Gasteiger partial charge in [-0.3, -0.25) is 9.97 Å². The summed E-state index contributed by atoms with van der Waals surface area (Å²) in [6.07, 6.45) is 5.06. The fourth-order valence-corrected chi connectivity index (χ4v) is 1.64. The summed E-state index contributed by atoms with van der Waals surface area (Å²) in [6.45, 7) is 2.04. The molecule has 1 unspecified atom stereocenters. The van der Waals surface area contributed by atoms with Crippen molar-refractivity contribution in [2.24, 2.45) is 0 Å². The molecule has 2 rings (SSSR count). The molecule has 2 N–H and O–H groups in total. The largest absolute Gasteiger partial charge is 0.392 e. The minimum atomic E-state index is 0.0242. The molecule has 0 saturated carbocycles. The van der Waals surface area contributed by atoms with Gasteiger partial charge in [-0.1, -0.05) is 18.2 Å². The van der Waals surface area contributed by atoms with E-state index in [1.807, 2.05) is 31.2 Å². The summed E-state index contributed by atoms with van der Waals surface area (Å²) in [4.78, 5) is 8.28. The second-order valence-electron chi connectivity index (χ2n) is 3.81. The maximum atomic E-state index is 9.23. The number of benzene rings is 1. The summed E-state index contributed by atoms with van der Waals surface area (Å²) >= 11 is 0. The first kappa shape index (κ1) is 11.5. The Kier molecular flexibility index (Phi) is 3.67. The van der Waals surface area contributed by atoms with Crippen molar-refractivity contribution in [2.75, 3.05) is 5.32 Å². The molecule has 0 bridgehead atoms. The SMILES string of the molecule is CC(Nc1ccccc1CO)c1cnccn1. The number of aliphatic hydroxyl groups excluding tert-OH is 1. The number of nitrogens with zero attached hydrogens (tertiary/aromatic N) is 2. The Bertz CT molecular complexity index is 473. The van der Waals surface area contributed by atoms with Gasteiger partial charge in [-0.25, -0.2) is 0 Å². The van der Waals surface area contributed by atoms with Crippen LogP contribution in [-0.2, 0) is 6.61 Å². The molecule has 17 heavy (non-hydrogen) atoms. The number of aliphatic hydroxyl groups is 1. The van der Waals surface area contributed by atoms with Gasteiger partial charge in [0.05, 0.1) is 24.5 Å². The molecular weight excluding hydrogens is 214 g/mol. The van der Waals surface area contributed by atoms with E-state index in [2.05, 4.69) is 15.3 Å². The molecule has 0 aliphatic heterocycles. The number of nitrogens with one attached hydrogen (secondary N) is 1. The van der Waals surface area contributed by atoms with E-state index in [0.29, 0.717) is 0 Å². The summed E-state index contributed by atoms with van der Waals surface area (Å²) in [5.41, 5.74) is 2.68. The van der Waals surface area contributed by atoms with Crippen LogP contribution in [0.2, 0.25) is 0 Å². The van der Waals surface area contributed by atoms with Crippen molar-refractivity contribution in [3.63, 3.8) is 0 Å². The molecule has 1 aromatic heterocycles. The molecule has 0 aliphatic rings. The molecule has 0 amide bonds. The van der Waals surface area contributed by atoms with E-state index < -0.39 is 0 Å². The van der Waals surface area contributed by atoms with Crippen molar-refractivity contribution in [1.82, 2.24) is 9.97 Å². The highest BCUT2D eigenvalue weighted by molar-refractivity contribution is 5.51. The first-order valence-electron chi connectivity index (χ1n) is 5.52. The van der Waals surface area contributed by atoms with E-state index in [1.165, 1.54) is 0 Å². The van der Waals surface area contributed by atoms with E-state index in [0.717, 1.165) is 16.9 Å². The van der Waals surface area contributed by atoms with Gasteiger partial charge in [0.15, 0.2) is 0 Å². The number of para-hydroxylation sites is 1. The highest BCUT2D eigenvalue weighted by Gasteiger charge is 2.08. The molecule has 4 heteroatoms. The van der Waals surface area contributed by atoms with Gasteiger partial charge in [-0.2, -0.15) is 0 Å². The first-order valence-corrected chi connectivity index (χ1v) is 5.52. The van der Waals surface area contributed by atoms with Crippen molar-refractivity contribution in [1.29, 1.82) is 0 Å². The summed E-state index contributed by atoms with van der Waals surface area (Å²) in [6, 6.07) is 7.73. The lowest BCUT2D eigenvalue weighted by Crippen LogP contribution is -2.10. The molecule has 4 nitrogen and oxygen atoms in total. The zero-order chi connectivity index (χ0) is 12.1. The van der Waals surface area contributed by atoms with Gasteiger partial charge in [0.25, 0.3) is 0 Å². The monoisotopic (exact) mass is 229 g/mol. The van der Waals surface area contributed by atoms with Crippen molar-refractivity contribution in [2.45, 2.75) is 19.6 Å². The molecule has 0 spiro atoms. The Morgan fingerprint density at radius 2 is 2.12 bits per heavy atom. The van der Waals surface area contributed by atoms with Gasteiger partial charge >= 0.3 is 0 Å². The Labute approximate surface area is 100 Å². The number of anilines is 1. The number of aromatic nitrogens is 2. The van der Waals surface area contributed by atoms with Crippen LogP contribution in [0.4, 0.5) is 5.69 Å². The maximum Gasteiger partial charge on any atom is 0.0806 e. The van der Waals surface area contributed by atoms with Gasteiger partial charge in [-0.05, 0) is 13.0 Å². The molecule has 1 atom stereocenters. The zero-order valence-electron chi connectivity index (χ0n) is 9.67. The van der Waals surface area contributed by atoms with Gasteiger partial charge in [0.2, 0.25) is 0 Å². The van der Waals surface area contributed by atoms with Gasteiger partial charge in [0.1, 0.15) is 0 Å². The van der Waals surface area contributed by atoms with Crippen molar-refractivity contribution in [3.8, 4) is 0 Å². The Hall–Kier alpha value is -1.94. The topological polar surface area (TPSA) is 58.0 Å². The van der Waals surface area contributed by atoms with E-state index in [4.69, 9.17) is 0 Å². The normalized spacial score (nSPS) is 12.1. The average Bonchev–Trinajstić information content (AvgIpc) is 2.40. The molecule has 1 heterocycles. The number of hydrogen-bond acceptors (Lipinski definition) is 4. The van der Waals surface area contributed by atoms with Gasteiger partial charge in [0, 0.05) is 23.6 Å². The van der Waals surface area contributed by atoms with Crippen LogP contribution in [0.15, 0.2) is 42.9 Å². The second kappa shape index (κ2) is 5.41. The predicted octanol–water partition coefficient (Wildman–Crippen LogP) is 2.14. The lowest BCUT2D eigenvalue weighted by atomic mass is 10.1. The highest BCUT2D eigenvalue weighted by Crippen LogP contribution is 2.20. The Balaban J connectivity index is 2.16. The first-order chi connectivity index (χ1) is 8.31. The molecule has 0 saturated heterocycles. The van der Waals surface area contributed by atoms with Crippen LogP contribution in [0.5, 0.6) is 0 Å². The zero-order valence-corrected chi connectivity index (χ0v) is 9.67.